The maximum absolute atomic E-state index is 12.3. The summed E-state index contributed by atoms with van der Waals surface area (Å²) in [5.41, 5.74) is 0.750. The maximum Gasteiger partial charge on any atom is 0.242 e. The van der Waals surface area contributed by atoms with Crippen LogP contribution >= 0.6 is 11.6 Å². The lowest BCUT2D eigenvalue weighted by atomic mass is 10.2. The summed E-state index contributed by atoms with van der Waals surface area (Å²) in [7, 11) is 0. The first-order chi connectivity index (χ1) is 11.2. The number of anilines is 1. The van der Waals surface area contributed by atoms with Gasteiger partial charge in [-0.05, 0) is 31.5 Å². The molecule has 0 aliphatic carbocycles. The third-order valence-corrected chi connectivity index (χ3v) is 4.14. The monoisotopic (exact) mass is 334 g/mol. The number of hydrogen-bond acceptors (Lipinski definition) is 5. The number of rotatable bonds is 5. The van der Waals surface area contributed by atoms with E-state index in [1.165, 1.54) is 6.33 Å². The highest BCUT2D eigenvalue weighted by Crippen LogP contribution is 2.22. The van der Waals surface area contributed by atoms with Crippen molar-refractivity contribution in [2.75, 3.05) is 31.6 Å². The summed E-state index contributed by atoms with van der Waals surface area (Å²) < 4.78 is 5.57. The first-order valence-electron chi connectivity index (χ1n) is 7.71. The molecule has 1 unspecified atom stereocenters. The van der Waals surface area contributed by atoms with Crippen LogP contribution in [0.5, 0.6) is 0 Å². The molecule has 1 atom stereocenters. The van der Waals surface area contributed by atoms with Crippen LogP contribution in [0.25, 0.3) is 10.9 Å². The fraction of sp³-hybridized carbons (Fsp3) is 0.438. The lowest BCUT2D eigenvalue weighted by Gasteiger charge is -2.17. The number of carbonyl (C=O) groups excluding carboxylic acids is 1. The SMILES string of the molecule is CCOC1CCN(C(=O)CNc2ncnc3cc(Cl)ccc23)C1. The molecule has 23 heavy (non-hydrogen) atoms. The molecule has 1 fully saturated rings. The molecular formula is C16H19ClN4O2. The number of likely N-dealkylation sites (tertiary alicyclic amines) is 1. The minimum absolute atomic E-state index is 0.0490. The Morgan fingerprint density at radius 1 is 1.48 bits per heavy atom. The Morgan fingerprint density at radius 3 is 3.17 bits per heavy atom. The highest BCUT2D eigenvalue weighted by molar-refractivity contribution is 6.31. The Labute approximate surface area is 139 Å². The summed E-state index contributed by atoms with van der Waals surface area (Å²) >= 11 is 5.97. The summed E-state index contributed by atoms with van der Waals surface area (Å²) in [6.45, 7) is 4.26. The van der Waals surface area contributed by atoms with Crippen molar-refractivity contribution in [1.82, 2.24) is 14.9 Å². The number of nitrogens with one attached hydrogen (secondary N) is 1. The average molecular weight is 335 g/mol. The van der Waals surface area contributed by atoms with Crippen molar-refractivity contribution >= 4 is 34.2 Å². The van der Waals surface area contributed by atoms with Crippen LogP contribution in [0.4, 0.5) is 5.82 Å². The third kappa shape index (κ3) is 3.71. The number of carbonyl (C=O) groups is 1. The normalized spacial score (nSPS) is 17.7. The Hall–Kier alpha value is -1.92. The number of nitrogens with zero attached hydrogens (tertiary/aromatic N) is 3. The zero-order chi connectivity index (χ0) is 16.2. The van der Waals surface area contributed by atoms with Crippen LogP contribution in [-0.2, 0) is 9.53 Å². The number of fused-ring (bicyclic) bond motifs is 1. The van der Waals surface area contributed by atoms with Crippen molar-refractivity contribution in [2.45, 2.75) is 19.4 Å². The van der Waals surface area contributed by atoms with Gasteiger partial charge in [0.2, 0.25) is 5.91 Å². The van der Waals surface area contributed by atoms with Crippen molar-refractivity contribution < 1.29 is 9.53 Å². The van der Waals surface area contributed by atoms with E-state index in [1.54, 1.807) is 12.1 Å². The Bertz CT molecular complexity index is 710. The maximum atomic E-state index is 12.3. The summed E-state index contributed by atoms with van der Waals surface area (Å²) in [5, 5.41) is 4.57. The molecule has 1 aliphatic rings. The Balaban J connectivity index is 1.63. The zero-order valence-electron chi connectivity index (χ0n) is 13.0. The van der Waals surface area contributed by atoms with Gasteiger partial charge >= 0.3 is 0 Å². The minimum atomic E-state index is 0.0490. The van der Waals surface area contributed by atoms with Crippen LogP contribution < -0.4 is 5.32 Å². The molecule has 1 aliphatic heterocycles. The second-order valence-corrected chi connectivity index (χ2v) is 5.88. The second-order valence-electron chi connectivity index (χ2n) is 5.44. The fourth-order valence-electron chi connectivity index (χ4n) is 2.77. The zero-order valence-corrected chi connectivity index (χ0v) is 13.7. The molecule has 1 saturated heterocycles. The Morgan fingerprint density at radius 2 is 2.35 bits per heavy atom. The van der Waals surface area contributed by atoms with E-state index in [4.69, 9.17) is 16.3 Å². The Kier molecular flexibility index (Phi) is 4.93. The average Bonchev–Trinajstić information content (AvgIpc) is 3.01. The van der Waals surface area contributed by atoms with Crippen LogP contribution in [0.1, 0.15) is 13.3 Å². The number of ether oxygens (including phenoxy) is 1. The van der Waals surface area contributed by atoms with Gasteiger partial charge in [0.15, 0.2) is 0 Å². The van der Waals surface area contributed by atoms with Crippen molar-refractivity contribution in [3.8, 4) is 0 Å². The van der Waals surface area contributed by atoms with E-state index in [9.17, 15) is 4.79 Å². The molecular weight excluding hydrogens is 316 g/mol. The van der Waals surface area contributed by atoms with E-state index < -0.39 is 0 Å². The van der Waals surface area contributed by atoms with E-state index in [-0.39, 0.29) is 18.6 Å². The predicted molar refractivity (Wildman–Crippen MR) is 89.6 cm³/mol. The van der Waals surface area contributed by atoms with Gasteiger partial charge < -0.3 is 15.0 Å². The van der Waals surface area contributed by atoms with Crippen molar-refractivity contribution in [2.24, 2.45) is 0 Å². The summed E-state index contributed by atoms with van der Waals surface area (Å²) in [6, 6.07) is 5.41. The van der Waals surface area contributed by atoms with E-state index in [0.717, 1.165) is 23.9 Å². The number of aromatic nitrogens is 2. The van der Waals surface area contributed by atoms with Gasteiger partial charge in [0.25, 0.3) is 0 Å². The van der Waals surface area contributed by atoms with E-state index >= 15 is 0 Å². The topological polar surface area (TPSA) is 67.3 Å². The molecule has 3 rings (SSSR count). The molecule has 122 valence electrons. The standard InChI is InChI=1S/C16H19ClN4O2/c1-2-23-12-5-6-21(9-12)15(22)8-18-16-13-4-3-11(17)7-14(13)19-10-20-16/h3-4,7,10,12H,2,5-6,8-9H2,1H3,(H,18,19,20). The third-order valence-electron chi connectivity index (χ3n) is 3.91. The number of benzene rings is 1. The molecule has 2 heterocycles. The van der Waals surface area contributed by atoms with E-state index in [2.05, 4.69) is 15.3 Å². The van der Waals surface area contributed by atoms with Crippen LogP contribution in [-0.4, -0.2) is 53.1 Å². The second kappa shape index (κ2) is 7.10. The first-order valence-corrected chi connectivity index (χ1v) is 8.08. The van der Waals surface area contributed by atoms with Gasteiger partial charge in [-0.25, -0.2) is 9.97 Å². The molecule has 0 spiro atoms. The van der Waals surface area contributed by atoms with Crippen molar-refractivity contribution in [3.05, 3.63) is 29.5 Å². The van der Waals surface area contributed by atoms with Gasteiger partial charge in [-0.3, -0.25) is 4.79 Å². The minimum Gasteiger partial charge on any atom is -0.377 e. The number of hydrogen-bond donors (Lipinski definition) is 1. The smallest absolute Gasteiger partial charge is 0.242 e. The van der Waals surface area contributed by atoms with Crippen LogP contribution in [0.3, 0.4) is 0 Å². The molecule has 0 saturated carbocycles. The van der Waals surface area contributed by atoms with Gasteiger partial charge in [0, 0.05) is 30.1 Å². The van der Waals surface area contributed by atoms with E-state index in [1.807, 2.05) is 17.9 Å². The molecule has 1 aromatic carbocycles. The molecule has 0 bridgehead atoms. The summed E-state index contributed by atoms with van der Waals surface area (Å²) in [5.74, 6) is 0.688. The fourth-order valence-corrected chi connectivity index (χ4v) is 2.94. The van der Waals surface area contributed by atoms with Crippen LogP contribution in [0.15, 0.2) is 24.5 Å². The quantitative estimate of drug-likeness (QED) is 0.909. The lowest BCUT2D eigenvalue weighted by Crippen LogP contribution is -2.34. The van der Waals surface area contributed by atoms with Crippen molar-refractivity contribution in [3.63, 3.8) is 0 Å². The van der Waals surface area contributed by atoms with E-state index in [0.29, 0.717) is 24.0 Å². The van der Waals surface area contributed by atoms with Gasteiger partial charge in [-0.2, -0.15) is 0 Å². The first kappa shape index (κ1) is 16.0. The molecule has 7 heteroatoms. The number of amides is 1. The van der Waals surface area contributed by atoms with Crippen molar-refractivity contribution in [1.29, 1.82) is 0 Å². The predicted octanol–water partition coefficient (Wildman–Crippen LogP) is 2.33. The van der Waals surface area contributed by atoms with Gasteiger partial charge in [0.1, 0.15) is 12.1 Å². The largest absolute Gasteiger partial charge is 0.377 e. The highest BCUT2D eigenvalue weighted by atomic mass is 35.5. The molecule has 0 radical (unpaired) electrons. The molecule has 1 amide bonds. The molecule has 2 aromatic rings. The van der Waals surface area contributed by atoms with Crippen LogP contribution in [0, 0.1) is 0 Å². The molecule has 6 nitrogen and oxygen atoms in total. The summed E-state index contributed by atoms with van der Waals surface area (Å²) in [6.07, 6.45) is 2.52. The van der Waals surface area contributed by atoms with Gasteiger partial charge in [-0.1, -0.05) is 11.6 Å². The molecule has 1 aromatic heterocycles. The molecule has 1 N–H and O–H groups in total. The van der Waals surface area contributed by atoms with Gasteiger partial charge in [0.05, 0.1) is 18.2 Å². The van der Waals surface area contributed by atoms with Gasteiger partial charge in [-0.15, -0.1) is 0 Å². The highest BCUT2D eigenvalue weighted by Gasteiger charge is 2.26. The summed E-state index contributed by atoms with van der Waals surface area (Å²) in [4.78, 5) is 22.5. The van der Waals surface area contributed by atoms with Crippen LogP contribution in [0.2, 0.25) is 5.02 Å². The lowest BCUT2D eigenvalue weighted by molar-refractivity contribution is -0.128. The number of halogens is 1.